The summed E-state index contributed by atoms with van der Waals surface area (Å²) in [4.78, 5) is 12.0. The minimum Gasteiger partial charge on any atom is -0.507 e. The van der Waals surface area contributed by atoms with Crippen molar-refractivity contribution in [3.8, 4) is 39.4 Å². The molecule has 0 fully saturated rings. The van der Waals surface area contributed by atoms with E-state index >= 15 is 0 Å². The van der Waals surface area contributed by atoms with E-state index in [1.165, 1.54) is 11.1 Å². The van der Waals surface area contributed by atoms with Gasteiger partial charge in [0.05, 0.1) is 11.4 Å². The molecule has 0 bridgehead atoms. The molecule has 222 valence electrons. The molecule has 7 rings (SSSR count). The fourth-order valence-corrected chi connectivity index (χ4v) is 5.91. The Morgan fingerprint density at radius 2 is 1.36 bits per heavy atom. The van der Waals surface area contributed by atoms with Crippen LogP contribution in [0.25, 0.3) is 44.4 Å². The predicted octanol–water partition coefficient (Wildman–Crippen LogP) is 10.2. The summed E-state index contributed by atoms with van der Waals surface area (Å²) < 4.78 is 0. The van der Waals surface area contributed by atoms with Gasteiger partial charge in [-0.15, -0.1) is 29.8 Å². The molecule has 0 unspecified atom stereocenters. The number of aryl methyl sites for hydroxylation is 2. The molecular weight excluding hydrogens is 734 g/mol. The first-order valence-electron chi connectivity index (χ1n) is 14.7. The van der Waals surface area contributed by atoms with E-state index in [1.807, 2.05) is 54.7 Å². The number of pyridine rings is 2. The normalized spacial score (nSPS) is 10.8. The summed E-state index contributed by atoms with van der Waals surface area (Å²) in [7, 11) is 0. The Bertz CT molecular complexity index is 2100. The van der Waals surface area contributed by atoms with Gasteiger partial charge in [-0.25, -0.2) is 4.98 Å². The van der Waals surface area contributed by atoms with Crippen LogP contribution in [0.15, 0.2) is 140 Å². The molecule has 0 saturated carbocycles. The third-order valence-corrected chi connectivity index (χ3v) is 7.96. The molecule has 4 nitrogen and oxygen atoms in total. The average Bonchev–Trinajstić information content (AvgIpc) is 3.06. The third kappa shape index (κ3) is 5.90. The first-order valence-corrected chi connectivity index (χ1v) is 14.7. The van der Waals surface area contributed by atoms with E-state index in [9.17, 15) is 5.11 Å². The Balaban J connectivity index is 0.00000357. The van der Waals surface area contributed by atoms with Gasteiger partial charge in [0.25, 0.3) is 0 Å². The fourth-order valence-electron chi connectivity index (χ4n) is 5.91. The molecule has 2 aromatic heterocycles. The third-order valence-electron chi connectivity index (χ3n) is 7.96. The van der Waals surface area contributed by atoms with Crippen molar-refractivity contribution in [3.63, 3.8) is 0 Å². The number of hydrogen-bond donors (Lipinski definition) is 1. The zero-order valence-corrected chi connectivity index (χ0v) is 27.2. The Morgan fingerprint density at radius 3 is 2.16 bits per heavy atom. The standard InChI is InChI=1S/C40H30N3O.Pt/c1-27-12-9-13-28(2)40(27)31-25-35(42-36(26-31)34-19-5-6-21-38(34)44)30-16-10-17-32(24-30)43(39-22-7-8-23-41-39)37-20-11-15-29-14-3-4-18-33(29)37;/h3-23,25-26,44H,1-2H3;/q-1;. The van der Waals surface area contributed by atoms with Gasteiger partial charge in [0.1, 0.15) is 11.6 Å². The minimum absolute atomic E-state index is 0. The zero-order chi connectivity index (χ0) is 30.0. The van der Waals surface area contributed by atoms with Crippen molar-refractivity contribution in [2.45, 2.75) is 13.8 Å². The van der Waals surface area contributed by atoms with Crippen LogP contribution in [0.4, 0.5) is 17.2 Å². The van der Waals surface area contributed by atoms with Gasteiger partial charge in [-0.05, 0) is 89.3 Å². The second-order valence-electron chi connectivity index (χ2n) is 10.9. The van der Waals surface area contributed by atoms with Gasteiger partial charge in [-0.2, -0.15) is 0 Å². The molecule has 0 radical (unpaired) electrons. The molecule has 45 heavy (non-hydrogen) atoms. The number of rotatable bonds is 6. The van der Waals surface area contributed by atoms with Crippen molar-refractivity contribution in [3.05, 3.63) is 157 Å². The number of anilines is 3. The van der Waals surface area contributed by atoms with Crippen LogP contribution in [0.3, 0.4) is 0 Å². The Labute approximate surface area is 278 Å². The van der Waals surface area contributed by atoms with E-state index < -0.39 is 0 Å². The summed E-state index contributed by atoms with van der Waals surface area (Å²) in [5, 5.41) is 13.1. The number of fused-ring (bicyclic) bond motifs is 1. The summed E-state index contributed by atoms with van der Waals surface area (Å²) in [5.74, 6) is 0.990. The van der Waals surface area contributed by atoms with Crippen LogP contribution < -0.4 is 4.90 Å². The second-order valence-corrected chi connectivity index (χ2v) is 10.9. The fraction of sp³-hybridized carbons (Fsp3) is 0.0500. The maximum Gasteiger partial charge on any atom is 0.136 e. The second kappa shape index (κ2) is 12.9. The summed E-state index contributed by atoms with van der Waals surface area (Å²) in [6.45, 7) is 4.26. The first-order chi connectivity index (χ1) is 21.6. The smallest absolute Gasteiger partial charge is 0.136 e. The Morgan fingerprint density at radius 1 is 0.667 bits per heavy atom. The van der Waals surface area contributed by atoms with Gasteiger partial charge in [0.2, 0.25) is 0 Å². The molecule has 5 heteroatoms. The van der Waals surface area contributed by atoms with Crippen molar-refractivity contribution in [1.29, 1.82) is 0 Å². The number of phenols is 1. The van der Waals surface area contributed by atoms with Crippen LogP contribution in [-0.4, -0.2) is 15.1 Å². The number of benzene rings is 5. The topological polar surface area (TPSA) is 49.2 Å². The van der Waals surface area contributed by atoms with Crippen molar-refractivity contribution in [1.82, 2.24) is 9.97 Å². The Hall–Kier alpha value is -5.05. The van der Waals surface area contributed by atoms with Crippen molar-refractivity contribution >= 4 is 28.0 Å². The maximum atomic E-state index is 10.8. The van der Waals surface area contributed by atoms with Gasteiger partial charge < -0.3 is 10.0 Å². The molecule has 0 saturated heterocycles. The number of hydrogen-bond acceptors (Lipinski definition) is 4. The molecule has 0 aliphatic carbocycles. The minimum atomic E-state index is 0. The average molecular weight is 764 g/mol. The number of para-hydroxylation sites is 1. The van der Waals surface area contributed by atoms with E-state index in [0.717, 1.165) is 50.3 Å². The Kier molecular flexibility index (Phi) is 8.60. The van der Waals surface area contributed by atoms with Crippen molar-refractivity contribution in [2.24, 2.45) is 0 Å². The number of aromatic nitrogens is 2. The molecular formula is C40H30N3OPt-. The van der Waals surface area contributed by atoms with Crippen LogP contribution in [0.2, 0.25) is 0 Å². The molecule has 1 N–H and O–H groups in total. The maximum absolute atomic E-state index is 10.8. The molecule has 0 amide bonds. The van der Waals surface area contributed by atoms with Crippen LogP contribution in [0, 0.1) is 19.9 Å². The summed E-state index contributed by atoms with van der Waals surface area (Å²) in [6.07, 6.45) is 1.81. The molecule has 2 heterocycles. The van der Waals surface area contributed by atoms with Crippen LogP contribution in [0.1, 0.15) is 11.1 Å². The van der Waals surface area contributed by atoms with Crippen molar-refractivity contribution in [2.75, 3.05) is 4.90 Å². The monoisotopic (exact) mass is 763 g/mol. The molecule has 0 aliphatic heterocycles. The number of aromatic hydroxyl groups is 1. The zero-order valence-electron chi connectivity index (χ0n) is 24.9. The van der Waals surface area contributed by atoms with Crippen LogP contribution >= 0.6 is 0 Å². The molecule has 7 aromatic rings. The molecule has 0 aliphatic rings. The SMILES string of the molecule is Cc1cccc(C)c1-c1cc(-c2[c-]c(N(c3ccccn3)c3cccc4ccccc34)ccc2)nc(-c2ccccc2O)c1.[Pt]. The number of nitrogens with zero attached hydrogens (tertiary/aromatic N) is 3. The van der Waals surface area contributed by atoms with E-state index in [2.05, 4.69) is 104 Å². The molecule has 0 spiro atoms. The van der Waals surface area contributed by atoms with Crippen LogP contribution in [-0.2, 0) is 21.1 Å². The van der Waals surface area contributed by atoms with E-state index in [1.54, 1.807) is 6.07 Å². The summed E-state index contributed by atoms with van der Waals surface area (Å²) in [5.41, 5.74) is 9.42. The van der Waals surface area contributed by atoms with Gasteiger partial charge in [-0.3, -0.25) is 4.98 Å². The molecule has 0 atom stereocenters. The van der Waals surface area contributed by atoms with Gasteiger partial charge in [-0.1, -0.05) is 78.9 Å². The van der Waals surface area contributed by atoms with E-state index in [4.69, 9.17) is 9.97 Å². The first kappa shape index (κ1) is 30.0. The largest absolute Gasteiger partial charge is 0.507 e. The van der Waals surface area contributed by atoms with Gasteiger partial charge in [0, 0.05) is 38.2 Å². The van der Waals surface area contributed by atoms with Gasteiger partial charge >= 0.3 is 0 Å². The van der Waals surface area contributed by atoms with Crippen molar-refractivity contribution < 1.29 is 26.2 Å². The summed E-state index contributed by atoms with van der Waals surface area (Å²) >= 11 is 0. The predicted molar refractivity (Wildman–Crippen MR) is 181 cm³/mol. The number of phenolic OH excluding ortho intramolecular Hbond substituents is 1. The van der Waals surface area contributed by atoms with Crippen LogP contribution in [0.5, 0.6) is 5.75 Å². The summed E-state index contributed by atoms with van der Waals surface area (Å²) in [6, 6.07) is 48.3. The molecule has 5 aromatic carbocycles. The van der Waals surface area contributed by atoms with E-state index in [-0.39, 0.29) is 26.8 Å². The quantitative estimate of drug-likeness (QED) is 0.171. The van der Waals surface area contributed by atoms with Gasteiger partial charge in [0.15, 0.2) is 0 Å². The van der Waals surface area contributed by atoms with E-state index in [0.29, 0.717) is 11.3 Å².